The van der Waals surface area contributed by atoms with Crippen molar-refractivity contribution in [3.05, 3.63) is 48.5 Å². The molecule has 1 heterocycles. The molecule has 0 saturated carbocycles. The molecule has 0 bridgehead atoms. The molecule has 174 valence electrons. The maximum atomic E-state index is 13.1. The first kappa shape index (κ1) is 24.2. The number of sulfonamides is 2. The molecular weight excluding hydrogens is 454 g/mol. The van der Waals surface area contributed by atoms with Crippen molar-refractivity contribution in [3.63, 3.8) is 0 Å². The van der Waals surface area contributed by atoms with E-state index in [0.29, 0.717) is 30.8 Å². The van der Waals surface area contributed by atoms with Crippen LogP contribution in [0.4, 0.5) is 5.69 Å². The molecule has 11 heteroatoms. The summed E-state index contributed by atoms with van der Waals surface area (Å²) in [5.74, 6) is -0.0705. The number of methoxy groups -OCH3 is 1. The van der Waals surface area contributed by atoms with Gasteiger partial charge in [0.15, 0.2) is 0 Å². The predicted octanol–water partition coefficient (Wildman–Crippen LogP) is 1.98. The summed E-state index contributed by atoms with van der Waals surface area (Å²) < 4.78 is 58.1. The van der Waals surface area contributed by atoms with Gasteiger partial charge in [-0.15, -0.1) is 0 Å². The zero-order valence-electron chi connectivity index (χ0n) is 18.2. The fourth-order valence-corrected chi connectivity index (χ4v) is 5.86. The van der Waals surface area contributed by atoms with Crippen LogP contribution >= 0.6 is 0 Å². The average molecular weight is 482 g/mol. The first-order valence-electron chi connectivity index (χ1n) is 10.0. The van der Waals surface area contributed by atoms with Crippen molar-refractivity contribution in [2.45, 2.75) is 22.6 Å². The van der Waals surface area contributed by atoms with Crippen LogP contribution in [0.3, 0.4) is 0 Å². The van der Waals surface area contributed by atoms with E-state index in [1.54, 1.807) is 31.4 Å². The Balaban J connectivity index is 1.72. The van der Waals surface area contributed by atoms with Gasteiger partial charge in [0.05, 0.1) is 22.8 Å². The number of benzene rings is 2. The largest absolute Gasteiger partial charge is 0.497 e. The molecule has 0 radical (unpaired) electrons. The van der Waals surface area contributed by atoms with Gasteiger partial charge in [-0.2, -0.15) is 4.31 Å². The summed E-state index contributed by atoms with van der Waals surface area (Å²) in [6, 6.07) is 12.0. The van der Waals surface area contributed by atoms with Gasteiger partial charge >= 0.3 is 0 Å². The molecule has 1 aliphatic heterocycles. The molecule has 1 aliphatic rings. The van der Waals surface area contributed by atoms with Crippen LogP contribution in [-0.4, -0.2) is 65.6 Å². The topological polar surface area (TPSA) is 113 Å². The van der Waals surface area contributed by atoms with Gasteiger partial charge in [-0.05, 0) is 61.4 Å². The van der Waals surface area contributed by atoms with Gasteiger partial charge in [0.25, 0.3) is 0 Å². The third-order valence-corrected chi connectivity index (χ3v) is 9.06. The summed E-state index contributed by atoms with van der Waals surface area (Å²) in [4.78, 5) is 12.7. The van der Waals surface area contributed by atoms with Crippen LogP contribution in [0, 0.1) is 5.92 Å². The summed E-state index contributed by atoms with van der Waals surface area (Å²) in [7, 11) is -3.15. The monoisotopic (exact) mass is 481 g/mol. The molecule has 1 amide bonds. The first-order chi connectivity index (χ1) is 15.1. The molecule has 9 nitrogen and oxygen atoms in total. The van der Waals surface area contributed by atoms with Crippen molar-refractivity contribution in [1.82, 2.24) is 8.61 Å². The van der Waals surface area contributed by atoms with E-state index in [-0.39, 0.29) is 22.2 Å². The summed E-state index contributed by atoms with van der Waals surface area (Å²) in [6.45, 7) is 0.356. The lowest BCUT2D eigenvalue weighted by atomic mass is 9.99. The number of hydrogen-bond donors (Lipinski definition) is 1. The molecule has 1 fully saturated rings. The highest BCUT2D eigenvalue weighted by molar-refractivity contribution is 7.89. The molecule has 2 aromatic rings. The van der Waals surface area contributed by atoms with Gasteiger partial charge < -0.3 is 10.1 Å². The smallest absolute Gasteiger partial charge is 0.243 e. The number of carbonyl (C=O) groups excluding carboxylic acids is 1. The second kappa shape index (κ2) is 9.57. The van der Waals surface area contributed by atoms with Gasteiger partial charge in [0.2, 0.25) is 26.0 Å². The molecule has 0 unspecified atom stereocenters. The van der Waals surface area contributed by atoms with Crippen LogP contribution in [0.5, 0.6) is 5.75 Å². The molecule has 1 N–H and O–H groups in total. The van der Waals surface area contributed by atoms with Gasteiger partial charge in [-0.3, -0.25) is 4.79 Å². The highest BCUT2D eigenvalue weighted by Crippen LogP contribution is 2.26. The van der Waals surface area contributed by atoms with Crippen LogP contribution in [0.15, 0.2) is 58.3 Å². The summed E-state index contributed by atoms with van der Waals surface area (Å²) in [5, 5.41) is 2.82. The van der Waals surface area contributed by atoms with Crippen LogP contribution in [0.2, 0.25) is 0 Å². The first-order valence-corrected chi connectivity index (χ1v) is 12.9. The molecule has 0 spiro atoms. The van der Waals surface area contributed by atoms with Gasteiger partial charge in [-0.1, -0.05) is 0 Å². The SMILES string of the molecule is COc1ccc(NC(=O)[C@@H]2CCCN(S(=O)(=O)c3ccc(S(=O)(=O)N(C)C)cc3)C2)cc1. The van der Waals surface area contributed by atoms with E-state index in [1.807, 2.05) is 0 Å². The molecule has 1 atom stereocenters. The lowest BCUT2D eigenvalue weighted by Crippen LogP contribution is -2.43. The van der Waals surface area contributed by atoms with Crippen molar-refractivity contribution < 1.29 is 26.4 Å². The van der Waals surface area contributed by atoms with Crippen molar-refractivity contribution in [2.24, 2.45) is 5.92 Å². The zero-order chi connectivity index (χ0) is 23.5. The number of ether oxygens (including phenoxy) is 1. The van der Waals surface area contributed by atoms with E-state index in [2.05, 4.69) is 5.32 Å². The highest BCUT2D eigenvalue weighted by atomic mass is 32.2. The Morgan fingerprint density at radius 2 is 1.59 bits per heavy atom. The Hall–Kier alpha value is -2.47. The van der Waals surface area contributed by atoms with Crippen molar-refractivity contribution >= 4 is 31.6 Å². The molecule has 3 rings (SSSR count). The Morgan fingerprint density at radius 1 is 1.00 bits per heavy atom. The minimum atomic E-state index is -3.86. The lowest BCUT2D eigenvalue weighted by molar-refractivity contribution is -0.120. The standard InChI is InChI=1S/C21H27N3O6S2/c1-23(2)31(26,27)19-10-12-20(13-11-19)32(28,29)24-14-4-5-16(15-24)21(25)22-17-6-8-18(30-3)9-7-17/h6-13,16H,4-5,14-15H2,1-3H3,(H,22,25)/t16-/m1/s1. The lowest BCUT2D eigenvalue weighted by Gasteiger charge is -2.31. The molecular formula is C21H27N3O6S2. The third kappa shape index (κ3) is 5.12. The number of amides is 1. The number of piperidine rings is 1. The number of rotatable bonds is 7. The average Bonchev–Trinajstić information content (AvgIpc) is 2.79. The van der Waals surface area contributed by atoms with E-state index < -0.39 is 26.0 Å². The molecule has 32 heavy (non-hydrogen) atoms. The minimum absolute atomic E-state index is 0.00795. The van der Waals surface area contributed by atoms with Crippen LogP contribution in [0.1, 0.15) is 12.8 Å². The maximum absolute atomic E-state index is 13.1. The van der Waals surface area contributed by atoms with Crippen molar-refractivity contribution in [1.29, 1.82) is 0 Å². The van der Waals surface area contributed by atoms with Gasteiger partial charge in [0, 0.05) is 32.9 Å². The predicted molar refractivity (Wildman–Crippen MR) is 120 cm³/mol. The highest BCUT2D eigenvalue weighted by Gasteiger charge is 2.33. The number of anilines is 1. The van der Waals surface area contributed by atoms with Crippen molar-refractivity contribution in [2.75, 3.05) is 39.6 Å². The number of nitrogens with one attached hydrogen (secondary N) is 1. The fraction of sp³-hybridized carbons (Fsp3) is 0.381. The van der Waals surface area contributed by atoms with Crippen LogP contribution in [-0.2, 0) is 24.8 Å². The number of carbonyl (C=O) groups is 1. The normalized spacial score (nSPS) is 17.8. The second-order valence-electron chi connectivity index (χ2n) is 7.68. The molecule has 1 saturated heterocycles. The Morgan fingerprint density at radius 3 is 2.16 bits per heavy atom. The molecule has 0 aliphatic carbocycles. The van der Waals surface area contributed by atoms with E-state index >= 15 is 0 Å². The number of hydrogen-bond acceptors (Lipinski definition) is 6. The zero-order valence-corrected chi connectivity index (χ0v) is 19.8. The Kier molecular flexibility index (Phi) is 7.23. The van der Waals surface area contributed by atoms with Crippen molar-refractivity contribution in [3.8, 4) is 5.75 Å². The van der Waals surface area contributed by atoms with E-state index in [1.165, 1.54) is 42.7 Å². The van der Waals surface area contributed by atoms with Gasteiger partial charge in [-0.25, -0.2) is 21.1 Å². The minimum Gasteiger partial charge on any atom is -0.497 e. The molecule has 0 aromatic heterocycles. The molecule has 2 aromatic carbocycles. The summed E-state index contributed by atoms with van der Waals surface area (Å²) >= 11 is 0. The van der Waals surface area contributed by atoms with E-state index in [4.69, 9.17) is 4.74 Å². The Bertz CT molecular complexity index is 1160. The summed E-state index contributed by atoms with van der Waals surface area (Å²) in [6.07, 6.45) is 1.13. The van der Waals surface area contributed by atoms with Gasteiger partial charge in [0.1, 0.15) is 5.75 Å². The van der Waals surface area contributed by atoms with Crippen LogP contribution < -0.4 is 10.1 Å². The second-order valence-corrected chi connectivity index (χ2v) is 11.8. The van der Waals surface area contributed by atoms with E-state index in [9.17, 15) is 21.6 Å². The quantitative estimate of drug-likeness (QED) is 0.647. The summed E-state index contributed by atoms with van der Waals surface area (Å²) in [5.41, 5.74) is 0.605. The number of nitrogens with zero attached hydrogens (tertiary/aromatic N) is 2. The fourth-order valence-electron chi connectivity index (χ4n) is 3.44. The Labute approximate surface area is 189 Å². The maximum Gasteiger partial charge on any atom is 0.243 e. The van der Waals surface area contributed by atoms with Crippen LogP contribution in [0.25, 0.3) is 0 Å². The third-order valence-electron chi connectivity index (χ3n) is 5.35. The van der Waals surface area contributed by atoms with E-state index in [0.717, 1.165) is 4.31 Å².